The van der Waals surface area contributed by atoms with Crippen LogP contribution < -0.4 is 5.73 Å². The first-order valence-corrected chi connectivity index (χ1v) is 28.0. The fraction of sp³-hybridized carbons (Fsp3) is 0.849. The Morgan fingerprint density at radius 2 is 0.873 bits per heavy atom. The number of esters is 2. The Kier molecular flexibility index (Phi) is 48.3. The second-order valence-corrected chi connectivity index (χ2v) is 19.2. The van der Waals surface area contributed by atoms with Crippen LogP contribution in [0.2, 0.25) is 0 Å². The molecule has 9 nitrogen and oxygen atoms in total. The van der Waals surface area contributed by atoms with Gasteiger partial charge in [0.25, 0.3) is 0 Å². The highest BCUT2D eigenvalue weighted by Crippen LogP contribution is 2.43. The Labute approximate surface area is 388 Å². The zero-order valence-electron chi connectivity index (χ0n) is 41.1. The minimum Gasteiger partial charge on any atom is -0.462 e. The van der Waals surface area contributed by atoms with E-state index in [0.717, 1.165) is 70.6 Å². The van der Waals surface area contributed by atoms with Gasteiger partial charge in [-0.05, 0) is 44.9 Å². The van der Waals surface area contributed by atoms with E-state index >= 15 is 0 Å². The molecule has 0 aliphatic carbocycles. The topological polar surface area (TPSA) is 134 Å². The van der Waals surface area contributed by atoms with E-state index in [2.05, 4.69) is 50.3 Å². The quantitative estimate of drug-likeness (QED) is 0.0265. The van der Waals surface area contributed by atoms with Crippen molar-refractivity contribution in [2.45, 2.75) is 264 Å². The Balaban J connectivity index is 3.92. The molecule has 0 rings (SSSR count). The molecule has 0 aliphatic heterocycles. The number of unbranched alkanes of at least 4 members (excludes halogenated alkanes) is 31. The lowest BCUT2D eigenvalue weighted by Gasteiger charge is -2.19. The van der Waals surface area contributed by atoms with Gasteiger partial charge in [0.1, 0.15) is 6.61 Å². The molecule has 0 fully saturated rings. The molecule has 0 aromatic rings. The molecule has 3 N–H and O–H groups in total. The summed E-state index contributed by atoms with van der Waals surface area (Å²) in [7, 11) is -4.38. The Hall–Kier alpha value is -1.77. The first-order chi connectivity index (χ1) is 30.8. The van der Waals surface area contributed by atoms with E-state index in [1.807, 2.05) is 0 Å². The number of allylic oxidation sites excluding steroid dienone is 6. The molecule has 2 atom stereocenters. The summed E-state index contributed by atoms with van der Waals surface area (Å²) in [4.78, 5) is 35.0. The predicted octanol–water partition coefficient (Wildman–Crippen LogP) is 16.1. The van der Waals surface area contributed by atoms with Gasteiger partial charge in [0.05, 0.1) is 13.2 Å². The number of phosphoric acid groups is 1. The van der Waals surface area contributed by atoms with E-state index in [4.69, 9.17) is 24.3 Å². The van der Waals surface area contributed by atoms with Crippen molar-refractivity contribution in [2.24, 2.45) is 5.73 Å². The van der Waals surface area contributed by atoms with Crippen LogP contribution in [0, 0.1) is 0 Å². The summed E-state index contributed by atoms with van der Waals surface area (Å²) < 4.78 is 32.9. The molecule has 0 spiro atoms. The van der Waals surface area contributed by atoms with E-state index in [1.165, 1.54) is 154 Å². The molecular weight excluding hydrogens is 810 g/mol. The summed E-state index contributed by atoms with van der Waals surface area (Å²) in [6.07, 6.45) is 57.8. The van der Waals surface area contributed by atoms with Crippen LogP contribution in [0.25, 0.3) is 0 Å². The smallest absolute Gasteiger partial charge is 0.462 e. The lowest BCUT2D eigenvalue weighted by atomic mass is 10.0. The third-order valence-electron chi connectivity index (χ3n) is 11.5. The standard InChI is InChI=1S/C53H100NO8P/c1-3-5-7-9-11-13-15-17-19-20-21-22-23-24-25-26-27-28-29-30-32-33-35-37-39-41-43-45-52(55)59-49-51(50-61-63(57,58)60-48-47-54)62-53(56)46-44-42-40-38-36-34-31-18-16-14-12-10-8-6-4-2/h6,8,12,14,18,31,51H,3-5,7,9-11,13,15-17,19-30,32-50,54H2,1-2H3,(H,57,58)/b8-6-,14-12-,31-18-. The summed E-state index contributed by atoms with van der Waals surface area (Å²) in [5, 5.41) is 0. The number of hydrogen-bond acceptors (Lipinski definition) is 8. The van der Waals surface area contributed by atoms with Gasteiger partial charge in [0.15, 0.2) is 6.10 Å². The molecule has 0 bridgehead atoms. The normalized spacial score (nSPS) is 13.4. The third-order valence-corrected chi connectivity index (χ3v) is 12.5. The number of carbonyl (C=O) groups excluding carboxylic acids is 2. The van der Waals surface area contributed by atoms with Gasteiger partial charge in [0, 0.05) is 19.4 Å². The second kappa shape index (κ2) is 49.7. The van der Waals surface area contributed by atoms with Gasteiger partial charge in [-0.15, -0.1) is 0 Å². The predicted molar refractivity (Wildman–Crippen MR) is 266 cm³/mol. The van der Waals surface area contributed by atoms with Crippen LogP contribution in [0.3, 0.4) is 0 Å². The van der Waals surface area contributed by atoms with Crippen molar-refractivity contribution in [1.29, 1.82) is 0 Å². The van der Waals surface area contributed by atoms with Crippen LogP contribution in [-0.2, 0) is 32.7 Å². The van der Waals surface area contributed by atoms with Crippen molar-refractivity contribution < 1.29 is 37.6 Å². The minimum absolute atomic E-state index is 0.0509. The highest BCUT2D eigenvalue weighted by molar-refractivity contribution is 7.47. The number of hydrogen-bond donors (Lipinski definition) is 2. The van der Waals surface area contributed by atoms with Gasteiger partial charge in [0.2, 0.25) is 0 Å². The largest absolute Gasteiger partial charge is 0.472 e. The molecule has 0 saturated carbocycles. The number of nitrogens with two attached hydrogens (primary N) is 1. The van der Waals surface area contributed by atoms with Crippen LogP contribution in [-0.4, -0.2) is 49.3 Å². The molecule has 0 radical (unpaired) electrons. The van der Waals surface area contributed by atoms with Crippen LogP contribution >= 0.6 is 7.82 Å². The molecule has 0 aromatic heterocycles. The van der Waals surface area contributed by atoms with Crippen LogP contribution in [0.15, 0.2) is 36.5 Å². The van der Waals surface area contributed by atoms with E-state index in [9.17, 15) is 19.0 Å². The molecule has 2 unspecified atom stereocenters. The molecule has 0 amide bonds. The molecule has 63 heavy (non-hydrogen) atoms. The highest BCUT2D eigenvalue weighted by Gasteiger charge is 2.26. The summed E-state index contributed by atoms with van der Waals surface area (Å²) in [6, 6.07) is 0. The molecule has 0 aliphatic rings. The monoisotopic (exact) mass is 910 g/mol. The lowest BCUT2D eigenvalue weighted by Crippen LogP contribution is -2.29. The zero-order chi connectivity index (χ0) is 46.0. The molecule has 0 heterocycles. The van der Waals surface area contributed by atoms with E-state index in [1.54, 1.807) is 0 Å². The number of rotatable bonds is 50. The SMILES string of the molecule is CC/C=C\C/C=C\C/C=C\CCCCCCCC(=O)OC(COC(=O)CCCCCCCCCCCCCCCCCCCCCCCCCCCCC)COP(=O)(O)OCCN. The molecule has 10 heteroatoms. The van der Waals surface area contributed by atoms with Crippen molar-refractivity contribution in [1.82, 2.24) is 0 Å². The molecular formula is C53H100NO8P. The Morgan fingerprint density at radius 1 is 0.492 bits per heavy atom. The van der Waals surface area contributed by atoms with Gasteiger partial charge < -0.3 is 20.1 Å². The van der Waals surface area contributed by atoms with Gasteiger partial charge in [-0.25, -0.2) is 4.57 Å². The number of phosphoric ester groups is 1. The van der Waals surface area contributed by atoms with Gasteiger partial charge >= 0.3 is 19.8 Å². The lowest BCUT2D eigenvalue weighted by molar-refractivity contribution is -0.161. The van der Waals surface area contributed by atoms with Crippen molar-refractivity contribution in [3.05, 3.63) is 36.5 Å². The third kappa shape index (κ3) is 49.5. The summed E-state index contributed by atoms with van der Waals surface area (Å²) in [5.74, 6) is -0.838. The van der Waals surface area contributed by atoms with Crippen molar-refractivity contribution in [2.75, 3.05) is 26.4 Å². The average Bonchev–Trinajstić information content (AvgIpc) is 3.27. The molecule has 370 valence electrons. The summed E-state index contributed by atoms with van der Waals surface area (Å²) in [5.41, 5.74) is 5.36. The van der Waals surface area contributed by atoms with E-state index in [0.29, 0.717) is 6.42 Å². The van der Waals surface area contributed by atoms with Crippen molar-refractivity contribution >= 4 is 19.8 Å². The highest BCUT2D eigenvalue weighted by atomic mass is 31.2. The van der Waals surface area contributed by atoms with Gasteiger partial charge in [-0.2, -0.15) is 0 Å². The number of carbonyl (C=O) groups is 2. The maximum absolute atomic E-state index is 12.6. The Bertz CT molecular complexity index is 1130. The molecule has 0 aromatic carbocycles. The zero-order valence-corrected chi connectivity index (χ0v) is 42.0. The van der Waals surface area contributed by atoms with Gasteiger partial charge in [-0.3, -0.25) is 18.6 Å². The van der Waals surface area contributed by atoms with Crippen LogP contribution in [0.1, 0.15) is 258 Å². The van der Waals surface area contributed by atoms with Crippen molar-refractivity contribution in [3.8, 4) is 0 Å². The average molecular weight is 910 g/mol. The van der Waals surface area contributed by atoms with E-state index in [-0.39, 0.29) is 38.6 Å². The summed E-state index contributed by atoms with van der Waals surface area (Å²) >= 11 is 0. The fourth-order valence-corrected chi connectivity index (χ4v) is 8.42. The first kappa shape index (κ1) is 61.2. The maximum Gasteiger partial charge on any atom is 0.472 e. The van der Waals surface area contributed by atoms with Crippen LogP contribution in [0.5, 0.6) is 0 Å². The van der Waals surface area contributed by atoms with Gasteiger partial charge in [-0.1, -0.05) is 237 Å². The minimum atomic E-state index is -4.38. The van der Waals surface area contributed by atoms with Crippen LogP contribution in [0.4, 0.5) is 0 Å². The maximum atomic E-state index is 12.6. The second-order valence-electron chi connectivity index (χ2n) is 17.7. The summed E-state index contributed by atoms with van der Waals surface area (Å²) in [6.45, 7) is 3.64. The molecule has 0 saturated heterocycles. The van der Waals surface area contributed by atoms with Crippen molar-refractivity contribution in [3.63, 3.8) is 0 Å². The Morgan fingerprint density at radius 3 is 1.30 bits per heavy atom. The fourth-order valence-electron chi connectivity index (χ4n) is 7.65. The van der Waals surface area contributed by atoms with E-state index < -0.39 is 26.5 Å². The number of ether oxygens (including phenoxy) is 2. The first-order valence-electron chi connectivity index (χ1n) is 26.5.